The summed E-state index contributed by atoms with van der Waals surface area (Å²) < 4.78 is 1.90. The van der Waals surface area contributed by atoms with Crippen molar-refractivity contribution in [1.29, 1.82) is 0 Å². The molecule has 0 aliphatic carbocycles. The van der Waals surface area contributed by atoms with Crippen molar-refractivity contribution >= 4 is 29.9 Å². The van der Waals surface area contributed by atoms with Gasteiger partial charge in [0.15, 0.2) is 0 Å². The Morgan fingerprint density at radius 1 is 1.38 bits per heavy atom. The molecule has 0 radical (unpaired) electrons. The molecule has 2 heterocycles. The monoisotopic (exact) mass is 396 g/mol. The summed E-state index contributed by atoms with van der Waals surface area (Å²) in [6, 6.07) is 9.86. The van der Waals surface area contributed by atoms with E-state index in [0.717, 1.165) is 36.5 Å². The summed E-state index contributed by atoms with van der Waals surface area (Å²) in [4.78, 5) is 12.5. The van der Waals surface area contributed by atoms with Crippen LogP contribution < -0.4 is 10.6 Å². The van der Waals surface area contributed by atoms with E-state index in [2.05, 4.69) is 29.6 Å². The number of piperidine rings is 1. The molecular weight excluding hydrogens is 371 g/mol. The fraction of sp³-hybridized carbons (Fsp3) is 0.474. The standard InChI is InChI=1S/C19H25ClN4O.ClH/c1-19(2,15-7-3-4-8-16(15)20)13-22-18(25)17-9-11-24(23-17)14-6-5-10-21-12-14;/h3-4,7-9,11,14,21H,5-6,10,12-13H2,1-2H3,(H,22,25);1H. The molecule has 1 aromatic heterocycles. The van der Waals surface area contributed by atoms with Gasteiger partial charge in [-0.25, -0.2) is 0 Å². The van der Waals surface area contributed by atoms with Crippen LogP contribution in [0, 0.1) is 0 Å². The van der Waals surface area contributed by atoms with Gasteiger partial charge in [-0.3, -0.25) is 9.48 Å². The van der Waals surface area contributed by atoms with Crippen molar-refractivity contribution in [2.45, 2.75) is 38.1 Å². The first-order chi connectivity index (χ1) is 12.0. The SMILES string of the molecule is CC(C)(CNC(=O)c1ccn(C2CCCNC2)n1)c1ccccc1Cl.Cl. The average molecular weight is 397 g/mol. The summed E-state index contributed by atoms with van der Waals surface area (Å²) in [5.74, 6) is -0.150. The van der Waals surface area contributed by atoms with E-state index >= 15 is 0 Å². The van der Waals surface area contributed by atoms with Crippen molar-refractivity contribution in [2.24, 2.45) is 0 Å². The third-order valence-electron chi connectivity index (χ3n) is 4.78. The fourth-order valence-electron chi connectivity index (χ4n) is 3.22. The number of hydrogen-bond donors (Lipinski definition) is 2. The topological polar surface area (TPSA) is 59.0 Å². The largest absolute Gasteiger partial charge is 0.350 e. The van der Waals surface area contributed by atoms with Gasteiger partial charge in [-0.15, -0.1) is 12.4 Å². The molecule has 1 saturated heterocycles. The molecule has 26 heavy (non-hydrogen) atoms. The third-order valence-corrected chi connectivity index (χ3v) is 5.11. The van der Waals surface area contributed by atoms with E-state index in [0.29, 0.717) is 18.3 Å². The molecule has 1 aliphatic heterocycles. The maximum atomic E-state index is 12.5. The average Bonchev–Trinajstić information content (AvgIpc) is 3.11. The van der Waals surface area contributed by atoms with Crippen LogP contribution in [0.5, 0.6) is 0 Å². The Morgan fingerprint density at radius 3 is 2.85 bits per heavy atom. The van der Waals surface area contributed by atoms with Gasteiger partial charge in [0, 0.05) is 29.7 Å². The Bertz CT molecular complexity index is 739. The third kappa shape index (κ3) is 4.78. The van der Waals surface area contributed by atoms with E-state index in [4.69, 9.17) is 11.6 Å². The van der Waals surface area contributed by atoms with Crippen molar-refractivity contribution in [3.8, 4) is 0 Å². The predicted molar refractivity (Wildman–Crippen MR) is 107 cm³/mol. The molecule has 3 rings (SSSR count). The fourth-order valence-corrected chi connectivity index (χ4v) is 3.61. The summed E-state index contributed by atoms with van der Waals surface area (Å²) >= 11 is 6.30. The number of aromatic nitrogens is 2. The van der Waals surface area contributed by atoms with Crippen molar-refractivity contribution in [2.75, 3.05) is 19.6 Å². The second kappa shape index (κ2) is 8.89. The Morgan fingerprint density at radius 2 is 2.15 bits per heavy atom. The molecule has 1 amide bonds. The number of halogens is 2. The number of rotatable bonds is 5. The minimum absolute atomic E-state index is 0. The van der Waals surface area contributed by atoms with E-state index in [9.17, 15) is 4.79 Å². The van der Waals surface area contributed by atoms with Crippen LogP contribution >= 0.6 is 24.0 Å². The van der Waals surface area contributed by atoms with E-state index in [-0.39, 0.29) is 23.7 Å². The highest BCUT2D eigenvalue weighted by molar-refractivity contribution is 6.31. The second-order valence-electron chi connectivity index (χ2n) is 7.23. The Hall–Kier alpha value is -1.56. The van der Waals surface area contributed by atoms with Gasteiger partial charge in [-0.05, 0) is 37.1 Å². The summed E-state index contributed by atoms with van der Waals surface area (Å²) in [6.07, 6.45) is 4.12. The zero-order valence-electron chi connectivity index (χ0n) is 15.2. The highest BCUT2D eigenvalue weighted by Crippen LogP contribution is 2.29. The van der Waals surface area contributed by atoms with E-state index in [1.54, 1.807) is 6.07 Å². The highest BCUT2D eigenvalue weighted by Gasteiger charge is 2.25. The summed E-state index contributed by atoms with van der Waals surface area (Å²) in [6.45, 7) is 6.60. The molecule has 0 spiro atoms. The number of amides is 1. The Kier molecular flexibility index (Phi) is 7.09. The summed E-state index contributed by atoms with van der Waals surface area (Å²) in [5.41, 5.74) is 1.22. The zero-order valence-corrected chi connectivity index (χ0v) is 16.7. The molecule has 142 valence electrons. The minimum Gasteiger partial charge on any atom is -0.350 e. The lowest BCUT2D eigenvalue weighted by Crippen LogP contribution is -2.37. The van der Waals surface area contributed by atoms with Crippen molar-refractivity contribution < 1.29 is 4.79 Å². The van der Waals surface area contributed by atoms with Gasteiger partial charge in [0.2, 0.25) is 0 Å². The molecule has 2 N–H and O–H groups in total. The van der Waals surface area contributed by atoms with Gasteiger partial charge >= 0.3 is 0 Å². The Balaban J connectivity index is 0.00000243. The maximum Gasteiger partial charge on any atom is 0.271 e. The minimum atomic E-state index is -0.260. The van der Waals surface area contributed by atoms with Crippen LogP contribution in [0.4, 0.5) is 0 Å². The molecule has 0 bridgehead atoms. The molecule has 1 aromatic carbocycles. The summed E-state index contributed by atoms with van der Waals surface area (Å²) in [5, 5.41) is 11.5. The highest BCUT2D eigenvalue weighted by atomic mass is 35.5. The van der Waals surface area contributed by atoms with Gasteiger partial charge in [-0.1, -0.05) is 43.6 Å². The Labute approximate surface area is 165 Å². The predicted octanol–water partition coefficient (Wildman–Crippen LogP) is 3.59. The second-order valence-corrected chi connectivity index (χ2v) is 7.63. The number of benzene rings is 1. The molecule has 7 heteroatoms. The lowest BCUT2D eigenvalue weighted by atomic mass is 9.84. The van der Waals surface area contributed by atoms with Crippen LogP contribution in [-0.4, -0.2) is 35.3 Å². The molecular formula is C19H26Cl2N4O. The summed E-state index contributed by atoms with van der Waals surface area (Å²) in [7, 11) is 0. The number of hydrogen-bond acceptors (Lipinski definition) is 3. The number of carbonyl (C=O) groups excluding carboxylic acids is 1. The number of nitrogens with one attached hydrogen (secondary N) is 2. The van der Waals surface area contributed by atoms with Gasteiger partial charge in [0.25, 0.3) is 5.91 Å². The molecule has 1 unspecified atom stereocenters. The zero-order chi connectivity index (χ0) is 17.9. The van der Waals surface area contributed by atoms with Crippen molar-refractivity contribution in [3.63, 3.8) is 0 Å². The lowest BCUT2D eigenvalue weighted by Gasteiger charge is -2.26. The first-order valence-corrected chi connectivity index (χ1v) is 9.14. The molecule has 5 nitrogen and oxygen atoms in total. The van der Waals surface area contributed by atoms with Crippen molar-refractivity contribution in [1.82, 2.24) is 20.4 Å². The van der Waals surface area contributed by atoms with Crippen LogP contribution in [0.15, 0.2) is 36.5 Å². The normalized spacial score (nSPS) is 17.4. The molecule has 0 saturated carbocycles. The lowest BCUT2D eigenvalue weighted by molar-refractivity contribution is 0.0939. The quantitative estimate of drug-likeness (QED) is 0.811. The van der Waals surface area contributed by atoms with Gasteiger partial charge < -0.3 is 10.6 Å². The molecule has 1 fully saturated rings. The number of nitrogens with zero attached hydrogens (tertiary/aromatic N) is 2. The van der Waals surface area contributed by atoms with Crippen molar-refractivity contribution in [3.05, 3.63) is 52.8 Å². The van der Waals surface area contributed by atoms with Crippen LogP contribution in [0.25, 0.3) is 0 Å². The van der Waals surface area contributed by atoms with Crippen LogP contribution in [0.2, 0.25) is 5.02 Å². The van der Waals surface area contributed by atoms with Crippen LogP contribution in [0.3, 0.4) is 0 Å². The van der Waals surface area contributed by atoms with Gasteiger partial charge in [-0.2, -0.15) is 5.10 Å². The maximum absolute atomic E-state index is 12.5. The van der Waals surface area contributed by atoms with Gasteiger partial charge in [0.05, 0.1) is 6.04 Å². The smallest absolute Gasteiger partial charge is 0.271 e. The first-order valence-electron chi connectivity index (χ1n) is 8.76. The number of carbonyl (C=O) groups is 1. The van der Waals surface area contributed by atoms with E-state index in [1.807, 2.05) is 35.1 Å². The van der Waals surface area contributed by atoms with Crippen LogP contribution in [-0.2, 0) is 5.41 Å². The molecule has 1 atom stereocenters. The van der Waals surface area contributed by atoms with E-state index < -0.39 is 0 Å². The molecule has 1 aliphatic rings. The van der Waals surface area contributed by atoms with E-state index in [1.165, 1.54) is 0 Å². The van der Waals surface area contributed by atoms with Crippen LogP contribution in [0.1, 0.15) is 48.8 Å². The first kappa shape index (κ1) is 20.7. The van der Waals surface area contributed by atoms with Gasteiger partial charge in [0.1, 0.15) is 5.69 Å². The molecule has 2 aromatic rings.